The molecule has 0 aromatic heterocycles. The third-order valence-corrected chi connectivity index (χ3v) is 6.85. The first-order valence-electron chi connectivity index (χ1n) is 11.0. The van der Waals surface area contributed by atoms with Crippen LogP contribution < -0.4 is 4.72 Å². The third kappa shape index (κ3) is 7.58. The number of rotatable bonds is 12. The second-order valence-corrected chi connectivity index (χ2v) is 9.49. The number of nitrogens with zero attached hydrogens (tertiary/aromatic N) is 1. The minimum Gasteiger partial charge on any atom is -0.392 e. The quantitative estimate of drug-likeness (QED) is 0.478. The molecule has 0 fully saturated rings. The smallest absolute Gasteiger partial charge is 0.240 e. The molecule has 0 spiro atoms. The van der Waals surface area contributed by atoms with Crippen LogP contribution in [-0.2, 0) is 21.2 Å². The lowest BCUT2D eigenvalue weighted by Crippen LogP contribution is -2.40. The van der Waals surface area contributed by atoms with Crippen LogP contribution in [0.25, 0.3) is 0 Å². The minimum atomic E-state index is -3.65. The van der Waals surface area contributed by atoms with Gasteiger partial charge in [-0.15, -0.1) is 0 Å². The van der Waals surface area contributed by atoms with Gasteiger partial charge in [0.05, 0.1) is 16.9 Å². The van der Waals surface area contributed by atoms with Crippen molar-refractivity contribution in [2.75, 3.05) is 19.6 Å². The summed E-state index contributed by atoms with van der Waals surface area (Å²) in [6.07, 6.45) is 3.43. The number of sulfonamides is 1. The number of hydrogen-bond donors (Lipinski definition) is 2. The van der Waals surface area contributed by atoms with Crippen molar-refractivity contribution in [3.63, 3.8) is 0 Å². The molecule has 0 aliphatic carbocycles. The van der Waals surface area contributed by atoms with Crippen LogP contribution in [0.1, 0.15) is 31.4 Å². The highest BCUT2D eigenvalue weighted by Gasteiger charge is 2.27. The molecule has 0 saturated carbocycles. The van der Waals surface area contributed by atoms with Gasteiger partial charge in [0.15, 0.2) is 0 Å². The van der Waals surface area contributed by atoms with Crippen molar-refractivity contribution < 1.29 is 18.3 Å². The van der Waals surface area contributed by atoms with Gasteiger partial charge in [-0.25, -0.2) is 13.1 Å². The number of aliphatic hydroxyl groups excluding tert-OH is 1. The molecular weight excluding hydrogens is 424 g/mol. The summed E-state index contributed by atoms with van der Waals surface area (Å²) in [7, 11) is -3.65. The van der Waals surface area contributed by atoms with Crippen molar-refractivity contribution in [3.8, 4) is 0 Å². The minimum absolute atomic E-state index is 0.0314. The molecule has 174 valence electrons. The van der Waals surface area contributed by atoms with Gasteiger partial charge >= 0.3 is 0 Å². The number of benzene rings is 2. The zero-order valence-corrected chi connectivity index (χ0v) is 19.9. The van der Waals surface area contributed by atoms with Crippen LogP contribution in [0.5, 0.6) is 0 Å². The number of carbonyl (C=O) groups is 1. The maximum atomic E-state index is 13.0. The summed E-state index contributed by atoms with van der Waals surface area (Å²) in [5.74, 6) is -0.893. The van der Waals surface area contributed by atoms with Crippen LogP contribution >= 0.6 is 0 Å². The average Bonchev–Trinajstić information content (AvgIpc) is 2.79. The first-order valence-corrected chi connectivity index (χ1v) is 12.5. The Bertz CT molecular complexity index is 969. The number of amides is 1. The van der Waals surface area contributed by atoms with Crippen molar-refractivity contribution in [3.05, 3.63) is 77.9 Å². The van der Waals surface area contributed by atoms with Gasteiger partial charge in [0.1, 0.15) is 0 Å². The summed E-state index contributed by atoms with van der Waals surface area (Å²) in [4.78, 5) is 14.8. The summed E-state index contributed by atoms with van der Waals surface area (Å²) in [6, 6.07) is 16.4. The number of aryl methyl sites for hydroxylation is 2. The molecule has 2 aromatic rings. The van der Waals surface area contributed by atoms with E-state index in [1.807, 2.05) is 51.1 Å². The monoisotopic (exact) mass is 458 g/mol. The van der Waals surface area contributed by atoms with Gasteiger partial charge < -0.3 is 10.0 Å². The van der Waals surface area contributed by atoms with Gasteiger partial charge in [-0.1, -0.05) is 60.2 Å². The molecular formula is C25H34N2O4S. The molecule has 2 atom stereocenters. The van der Waals surface area contributed by atoms with E-state index in [9.17, 15) is 18.3 Å². The van der Waals surface area contributed by atoms with E-state index in [0.29, 0.717) is 25.9 Å². The van der Waals surface area contributed by atoms with E-state index < -0.39 is 22.0 Å². The Balaban J connectivity index is 2.06. The Morgan fingerprint density at radius 3 is 2.28 bits per heavy atom. The zero-order valence-electron chi connectivity index (χ0n) is 19.1. The number of hydrogen-bond acceptors (Lipinski definition) is 4. The van der Waals surface area contributed by atoms with E-state index >= 15 is 0 Å². The lowest BCUT2D eigenvalue weighted by molar-refractivity contribution is -0.136. The molecule has 6 nitrogen and oxygen atoms in total. The van der Waals surface area contributed by atoms with Crippen LogP contribution in [0.15, 0.2) is 71.6 Å². The Hall–Kier alpha value is -2.48. The molecule has 2 aromatic carbocycles. The molecule has 7 heteroatoms. The fourth-order valence-corrected chi connectivity index (χ4v) is 4.41. The molecule has 2 N–H and O–H groups in total. The molecule has 2 rings (SSSR count). The van der Waals surface area contributed by atoms with Crippen LogP contribution in [0.2, 0.25) is 0 Å². The molecule has 0 aliphatic heterocycles. The molecule has 32 heavy (non-hydrogen) atoms. The molecule has 0 radical (unpaired) electrons. The van der Waals surface area contributed by atoms with Crippen LogP contribution in [0.3, 0.4) is 0 Å². The Morgan fingerprint density at radius 2 is 1.69 bits per heavy atom. The Kier molecular flexibility index (Phi) is 10.1. The molecule has 0 saturated heterocycles. The van der Waals surface area contributed by atoms with Crippen molar-refractivity contribution >= 4 is 15.9 Å². The summed E-state index contributed by atoms with van der Waals surface area (Å²) in [6.45, 7) is 6.81. The van der Waals surface area contributed by atoms with E-state index in [-0.39, 0.29) is 17.3 Å². The summed E-state index contributed by atoms with van der Waals surface area (Å²) in [5, 5.41) is 10.8. The highest BCUT2D eigenvalue weighted by molar-refractivity contribution is 7.89. The van der Waals surface area contributed by atoms with E-state index in [1.165, 1.54) is 0 Å². The first kappa shape index (κ1) is 25.8. The number of aliphatic hydroxyl groups is 1. The fourth-order valence-electron chi connectivity index (χ4n) is 3.43. The second kappa shape index (κ2) is 12.5. The SMILES string of the molecule is CCN(CC)C(=O)[C@@H](/C=C/CNS(=O)(=O)c1ccc(C)cc1)[C@H](O)CCc1ccccc1. The Labute approximate surface area is 192 Å². The number of nitrogens with one attached hydrogen (secondary N) is 1. The van der Waals surface area contributed by atoms with E-state index in [1.54, 1.807) is 41.3 Å². The van der Waals surface area contributed by atoms with Crippen molar-refractivity contribution in [2.24, 2.45) is 5.92 Å². The van der Waals surface area contributed by atoms with Crippen LogP contribution in [0.4, 0.5) is 0 Å². The first-order chi connectivity index (χ1) is 15.3. The number of carbonyl (C=O) groups excluding carboxylic acids is 1. The largest absolute Gasteiger partial charge is 0.392 e. The molecule has 0 bridgehead atoms. The van der Waals surface area contributed by atoms with Gasteiger partial charge in [0.2, 0.25) is 15.9 Å². The summed E-state index contributed by atoms with van der Waals surface area (Å²) >= 11 is 0. The normalized spacial score (nSPS) is 13.8. The summed E-state index contributed by atoms with van der Waals surface area (Å²) in [5.41, 5.74) is 2.07. The average molecular weight is 459 g/mol. The standard InChI is InChI=1S/C25H34N2O4S/c1-4-27(5-2)25(29)23(24(28)18-15-21-10-7-6-8-11-21)12-9-19-26-32(30,31)22-16-13-20(3)14-17-22/h6-14,16-17,23-24,26,28H,4-5,15,18-19H2,1-3H3/b12-9+/t23-,24+/m0/s1. The van der Waals surface area contributed by atoms with Crippen LogP contribution in [0, 0.1) is 12.8 Å². The van der Waals surface area contributed by atoms with E-state index in [2.05, 4.69) is 4.72 Å². The molecule has 0 heterocycles. The van der Waals surface area contributed by atoms with Gasteiger partial charge in [-0.05, 0) is 51.3 Å². The topological polar surface area (TPSA) is 86.7 Å². The molecule has 0 aliphatic rings. The summed E-state index contributed by atoms with van der Waals surface area (Å²) < 4.78 is 27.4. The second-order valence-electron chi connectivity index (χ2n) is 7.72. The molecule has 0 unspecified atom stereocenters. The van der Waals surface area contributed by atoms with Crippen molar-refractivity contribution in [1.82, 2.24) is 9.62 Å². The lowest BCUT2D eigenvalue weighted by atomic mass is 9.94. The highest BCUT2D eigenvalue weighted by Crippen LogP contribution is 2.17. The van der Waals surface area contributed by atoms with E-state index in [0.717, 1.165) is 11.1 Å². The van der Waals surface area contributed by atoms with Gasteiger partial charge in [0.25, 0.3) is 0 Å². The van der Waals surface area contributed by atoms with Crippen molar-refractivity contribution in [1.29, 1.82) is 0 Å². The van der Waals surface area contributed by atoms with Crippen LogP contribution in [-0.4, -0.2) is 50.1 Å². The maximum absolute atomic E-state index is 13.0. The van der Waals surface area contributed by atoms with Gasteiger partial charge in [-0.2, -0.15) is 0 Å². The fraction of sp³-hybridized carbons (Fsp3) is 0.400. The van der Waals surface area contributed by atoms with Gasteiger partial charge in [-0.3, -0.25) is 4.79 Å². The van der Waals surface area contributed by atoms with E-state index in [4.69, 9.17) is 0 Å². The maximum Gasteiger partial charge on any atom is 0.240 e. The van der Waals surface area contributed by atoms with Gasteiger partial charge in [0, 0.05) is 19.6 Å². The zero-order chi connectivity index (χ0) is 23.6. The predicted molar refractivity (Wildman–Crippen MR) is 128 cm³/mol. The van der Waals surface area contributed by atoms with Crippen molar-refractivity contribution in [2.45, 2.75) is 44.6 Å². The molecule has 1 amide bonds. The third-order valence-electron chi connectivity index (χ3n) is 5.41. The predicted octanol–water partition coefficient (Wildman–Crippen LogP) is 3.31. The highest BCUT2D eigenvalue weighted by atomic mass is 32.2. The lowest BCUT2D eigenvalue weighted by Gasteiger charge is -2.26. The Morgan fingerprint density at radius 1 is 1.06 bits per heavy atom.